The first-order valence-corrected chi connectivity index (χ1v) is 3.23. The Labute approximate surface area is 59.0 Å². The topological polar surface area (TPSA) is 63.3 Å². The van der Waals surface area contributed by atoms with Crippen LogP contribution in [-0.2, 0) is 4.79 Å². The third-order valence-electron chi connectivity index (χ3n) is 1.22. The van der Waals surface area contributed by atoms with Gasteiger partial charge in [-0.15, -0.1) is 0 Å². The lowest BCUT2D eigenvalue weighted by atomic mass is 10.1. The van der Waals surface area contributed by atoms with Gasteiger partial charge in [0.2, 0.25) is 0 Å². The number of rotatable bonds is 5. The van der Waals surface area contributed by atoms with Crippen LogP contribution in [0.5, 0.6) is 0 Å². The maximum absolute atomic E-state index is 11.5. The van der Waals surface area contributed by atoms with Gasteiger partial charge < -0.3 is 10.8 Å². The van der Waals surface area contributed by atoms with Crippen LogP contribution in [0, 0.1) is 0 Å². The summed E-state index contributed by atoms with van der Waals surface area (Å²) in [5.41, 5.74) is 5.14. The van der Waals surface area contributed by atoms with Crippen LogP contribution < -0.4 is 5.73 Å². The predicted molar refractivity (Wildman–Crippen MR) is 35.4 cm³/mol. The summed E-state index contributed by atoms with van der Waals surface area (Å²) in [6.45, 7) is -0.396. The maximum Gasteiger partial charge on any atom is 0.320 e. The molecule has 1 atom stereocenters. The number of carbonyl (C=O) groups is 1. The maximum atomic E-state index is 11.5. The Kier molecular flexibility index (Phi) is 4.84. The van der Waals surface area contributed by atoms with Gasteiger partial charge in [0.05, 0.1) is 6.67 Å². The van der Waals surface area contributed by atoms with Gasteiger partial charge in [-0.25, -0.2) is 0 Å². The summed E-state index contributed by atoms with van der Waals surface area (Å²) in [5, 5.41) is 8.26. The molecule has 0 radical (unpaired) electrons. The van der Waals surface area contributed by atoms with E-state index in [-0.39, 0.29) is 0 Å². The highest BCUT2D eigenvalue weighted by molar-refractivity contribution is 5.72. The molecule has 0 aliphatic heterocycles. The first kappa shape index (κ1) is 9.36. The fourth-order valence-electron chi connectivity index (χ4n) is 0.582. The van der Waals surface area contributed by atoms with Crippen LogP contribution in [-0.4, -0.2) is 23.8 Å². The number of halogens is 1. The van der Waals surface area contributed by atoms with Gasteiger partial charge in [0.15, 0.2) is 0 Å². The molecule has 0 fully saturated rings. The number of carboxylic acid groups (broad SMARTS) is 1. The predicted octanol–water partition coefficient (Wildman–Crippen LogP) is 0.538. The molecule has 0 saturated heterocycles. The molecule has 0 aromatic heterocycles. The zero-order chi connectivity index (χ0) is 7.98. The second-order valence-corrected chi connectivity index (χ2v) is 2.13. The Morgan fingerprint density at radius 1 is 1.60 bits per heavy atom. The molecule has 0 aromatic rings. The Morgan fingerprint density at radius 2 is 2.20 bits per heavy atom. The average molecular weight is 149 g/mol. The second-order valence-electron chi connectivity index (χ2n) is 2.13. The van der Waals surface area contributed by atoms with E-state index in [1.807, 2.05) is 0 Å². The van der Waals surface area contributed by atoms with Crippen LogP contribution in [0.4, 0.5) is 4.39 Å². The number of hydrogen-bond donors (Lipinski definition) is 2. The molecule has 0 aliphatic carbocycles. The van der Waals surface area contributed by atoms with Gasteiger partial charge in [0.1, 0.15) is 6.04 Å². The number of nitrogens with two attached hydrogens (primary N) is 1. The van der Waals surface area contributed by atoms with Gasteiger partial charge in [-0.3, -0.25) is 9.18 Å². The minimum absolute atomic E-state index is 0.360. The van der Waals surface area contributed by atoms with Gasteiger partial charge >= 0.3 is 5.97 Å². The molecule has 0 rings (SSSR count). The summed E-state index contributed by atoms with van der Waals surface area (Å²) in [4.78, 5) is 10.1. The van der Waals surface area contributed by atoms with E-state index in [0.29, 0.717) is 19.3 Å². The van der Waals surface area contributed by atoms with E-state index >= 15 is 0 Å². The van der Waals surface area contributed by atoms with Gasteiger partial charge in [-0.05, 0) is 19.3 Å². The molecule has 3 N–H and O–H groups in total. The third kappa shape index (κ3) is 4.26. The van der Waals surface area contributed by atoms with Crippen LogP contribution in [0.25, 0.3) is 0 Å². The van der Waals surface area contributed by atoms with Crippen molar-refractivity contribution in [2.45, 2.75) is 25.3 Å². The van der Waals surface area contributed by atoms with E-state index in [4.69, 9.17) is 10.8 Å². The zero-order valence-electron chi connectivity index (χ0n) is 5.72. The van der Waals surface area contributed by atoms with Crippen LogP contribution in [0.3, 0.4) is 0 Å². The minimum Gasteiger partial charge on any atom is -0.480 e. The number of carboxylic acids is 1. The normalized spacial score (nSPS) is 13.0. The molecule has 0 saturated carbocycles. The molecule has 0 unspecified atom stereocenters. The second kappa shape index (κ2) is 5.17. The van der Waals surface area contributed by atoms with Crippen molar-refractivity contribution in [2.24, 2.45) is 5.73 Å². The Bertz CT molecular complexity index is 108. The highest BCUT2D eigenvalue weighted by Gasteiger charge is 2.09. The molecule has 0 heterocycles. The van der Waals surface area contributed by atoms with E-state index in [1.54, 1.807) is 0 Å². The lowest BCUT2D eigenvalue weighted by Crippen LogP contribution is -2.29. The summed E-state index contributed by atoms with van der Waals surface area (Å²) in [6, 6.07) is -0.827. The Morgan fingerprint density at radius 3 is 2.60 bits per heavy atom. The quantitative estimate of drug-likeness (QED) is 0.561. The van der Waals surface area contributed by atoms with E-state index in [9.17, 15) is 9.18 Å². The van der Waals surface area contributed by atoms with Gasteiger partial charge in [0, 0.05) is 0 Å². The molecule has 60 valence electrons. The number of aliphatic carboxylic acids is 1. The summed E-state index contributed by atoms with van der Waals surface area (Å²) < 4.78 is 11.5. The molecule has 10 heavy (non-hydrogen) atoms. The molecule has 4 heteroatoms. The van der Waals surface area contributed by atoms with Crippen molar-refractivity contribution < 1.29 is 14.3 Å². The van der Waals surface area contributed by atoms with Crippen molar-refractivity contribution in [1.82, 2.24) is 0 Å². The van der Waals surface area contributed by atoms with E-state index in [0.717, 1.165) is 0 Å². The zero-order valence-corrected chi connectivity index (χ0v) is 5.72. The van der Waals surface area contributed by atoms with Gasteiger partial charge in [-0.2, -0.15) is 0 Å². The van der Waals surface area contributed by atoms with Gasteiger partial charge in [0.25, 0.3) is 0 Å². The van der Waals surface area contributed by atoms with Crippen molar-refractivity contribution in [2.75, 3.05) is 6.67 Å². The lowest BCUT2D eigenvalue weighted by Gasteiger charge is -2.03. The first-order chi connectivity index (χ1) is 4.68. The number of unbranched alkanes of at least 4 members (excludes halogenated alkanes) is 1. The van der Waals surface area contributed by atoms with Crippen LogP contribution in [0.15, 0.2) is 0 Å². The van der Waals surface area contributed by atoms with Crippen molar-refractivity contribution in [3.8, 4) is 0 Å². The highest BCUT2D eigenvalue weighted by atomic mass is 19.1. The number of alkyl halides is 1. The number of hydrogen-bond acceptors (Lipinski definition) is 2. The van der Waals surface area contributed by atoms with E-state index in [1.165, 1.54) is 0 Å². The Balaban J connectivity index is 3.21. The Hall–Kier alpha value is -0.640. The third-order valence-corrected chi connectivity index (χ3v) is 1.22. The SMILES string of the molecule is N[C@@H](CCCCF)C(=O)O. The molecule has 3 nitrogen and oxygen atoms in total. The van der Waals surface area contributed by atoms with Crippen LogP contribution in [0.1, 0.15) is 19.3 Å². The van der Waals surface area contributed by atoms with Crippen molar-refractivity contribution in [1.29, 1.82) is 0 Å². The summed E-state index contributed by atoms with van der Waals surface area (Å²) >= 11 is 0. The molecule has 0 spiro atoms. The monoisotopic (exact) mass is 149 g/mol. The molecule has 0 amide bonds. The molecule has 0 aromatic carbocycles. The van der Waals surface area contributed by atoms with Crippen molar-refractivity contribution in [3.05, 3.63) is 0 Å². The summed E-state index contributed by atoms with van der Waals surface area (Å²) in [6.07, 6.45) is 1.31. The van der Waals surface area contributed by atoms with Gasteiger partial charge in [-0.1, -0.05) is 0 Å². The molecule has 0 aliphatic rings. The molecule has 0 bridgehead atoms. The summed E-state index contributed by atoms with van der Waals surface area (Å²) in [5.74, 6) is -1.01. The van der Waals surface area contributed by atoms with Crippen LogP contribution >= 0.6 is 0 Å². The summed E-state index contributed by atoms with van der Waals surface area (Å²) in [7, 11) is 0. The smallest absolute Gasteiger partial charge is 0.320 e. The standard InChI is InChI=1S/C6H12FNO2/c7-4-2-1-3-5(8)6(9)10/h5H,1-4,8H2,(H,9,10)/t5-/m0/s1. The first-order valence-electron chi connectivity index (χ1n) is 3.23. The average Bonchev–Trinajstić information content (AvgIpc) is 1.88. The molecular formula is C6H12FNO2. The fourth-order valence-corrected chi connectivity index (χ4v) is 0.582. The minimum atomic E-state index is -1.01. The van der Waals surface area contributed by atoms with Crippen molar-refractivity contribution in [3.63, 3.8) is 0 Å². The van der Waals surface area contributed by atoms with E-state index < -0.39 is 18.7 Å². The van der Waals surface area contributed by atoms with Crippen LogP contribution in [0.2, 0.25) is 0 Å². The molecular weight excluding hydrogens is 137 g/mol. The fraction of sp³-hybridized carbons (Fsp3) is 0.833. The largest absolute Gasteiger partial charge is 0.480 e. The lowest BCUT2D eigenvalue weighted by molar-refractivity contribution is -0.138. The highest BCUT2D eigenvalue weighted by Crippen LogP contribution is 1.98. The van der Waals surface area contributed by atoms with E-state index in [2.05, 4.69) is 0 Å². The van der Waals surface area contributed by atoms with Crippen molar-refractivity contribution >= 4 is 5.97 Å².